The van der Waals surface area contributed by atoms with Crippen molar-refractivity contribution in [2.75, 3.05) is 6.61 Å². The molecule has 2 aromatic rings. The van der Waals surface area contributed by atoms with E-state index >= 15 is 0 Å². The average molecular weight is 485 g/mol. The highest BCUT2D eigenvalue weighted by atomic mass is 19.2. The van der Waals surface area contributed by atoms with Gasteiger partial charge in [0, 0.05) is 11.1 Å². The molecule has 0 bridgehead atoms. The van der Waals surface area contributed by atoms with Crippen molar-refractivity contribution in [3.05, 3.63) is 65.5 Å². The van der Waals surface area contributed by atoms with Gasteiger partial charge in [0.15, 0.2) is 11.6 Å². The number of ether oxygens (including phenoxy) is 1. The van der Waals surface area contributed by atoms with Gasteiger partial charge in [0.05, 0.1) is 6.61 Å². The fraction of sp³-hybridized carbons (Fsp3) is 0.548. The molecular formula is C31H39F3O. The third-order valence-corrected chi connectivity index (χ3v) is 8.16. The number of hydrogen-bond acceptors (Lipinski definition) is 1. The standard InChI is InChI=1S/C31H39F3O/c1-3-35-29-19-18-27(30(33)31(29)34)26-17-16-25(20-28(26)32)24-14-12-23(13-15-24)7-5-4-6-22-10-8-21(2)9-11-22/h4,6,16-24H,3,5,7-15H2,1-2H3/b6-4+. The van der Waals surface area contributed by atoms with Crippen molar-refractivity contribution in [2.24, 2.45) is 17.8 Å². The molecule has 0 unspecified atom stereocenters. The second kappa shape index (κ2) is 12.1. The number of allylic oxidation sites excluding steroid dienone is 2. The van der Waals surface area contributed by atoms with Crippen LogP contribution in [0.4, 0.5) is 13.2 Å². The summed E-state index contributed by atoms with van der Waals surface area (Å²) in [6.07, 6.45) is 17.1. The predicted molar refractivity (Wildman–Crippen MR) is 137 cm³/mol. The molecule has 2 aromatic carbocycles. The molecule has 4 heteroatoms. The van der Waals surface area contributed by atoms with Crippen LogP contribution in [0.25, 0.3) is 11.1 Å². The molecule has 2 fully saturated rings. The Hall–Kier alpha value is -2.23. The van der Waals surface area contributed by atoms with E-state index in [2.05, 4.69) is 19.1 Å². The van der Waals surface area contributed by atoms with E-state index < -0.39 is 17.5 Å². The predicted octanol–water partition coefficient (Wildman–Crippen LogP) is 9.61. The van der Waals surface area contributed by atoms with E-state index in [4.69, 9.17) is 4.74 Å². The second-order valence-corrected chi connectivity index (χ2v) is 10.7. The maximum absolute atomic E-state index is 15.0. The number of rotatable bonds is 8. The molecule has 2 aliphatic carbocycles. The molecule has 0 radical (unpaired) electrons. The SMILES string of the molecule is CCOc1ccc(-c2ccc(C3CCC(CC/C=C/C4CCC(C)CC4)CC3)cc2F)c(F)c1F. The van der Waals surface area contributed by atoms with Gasteiger partial charge in [0.1, 0.15) is 5.82 Å². The van der Waals surface area contributed by atoms with Crippen LogP contribution >= 0.6 is 0 Å². The first kappa shape index (κ1) is 25.9. The van der Waals surface area contributed by atoms with Gasteiger partial charge in [-0.2, -0.15) is 4.39 Å². The maximum Gasteiger partial charge on any atom is 0.201 e. The number of hydrogen-bond donors (Lipinski definition) is 0. The Labute approximate surface area is 208 Å². The third-order valence-electron chi connectivity index (χ3n) is 8.16. The van der Waals surface area contributed by atoms with Gasteiger partial charge >= 0.3 is 0 Å². The van der Waals surface area contributed by atoms with Crippen molar-refractivity contribution in [3.8, 4) is 16.9 Å². The molecule has 1 nitrogen and oxygen atoms in total. The lowest BCUT2D eigenvalue weighted by Crippen LogP contribution is -2.13. The van der Waals surface area contributed by atoms with E-state index in [1.54, 1.807) is 13.0 Å². The minimum absolute atomic E-state index is 0.0745. The molecule has 2 aliphatic rings. The van der Waals surface area contributed by atoms with Gasteiger partial charge in [-0.1, -0.05) is 44.1 Å². The molecule has 0 saturated heterocycles. The molecule has 0 aromatic heterocycles. The maximum atomic E-state index is 15.0. The summed E-state index contributed by atoms with van der Waals surface area (Å²) >= 11 is 0. The van der Waals surface area contributed by atoms with Crippen molar-refractivity contribution in [1.29, 1.82) is 0 Å². The summed E-state index contributed by atoms with van der Waals surface area (Å²) in [5.74, 6) is -0.0485. The molecule has 0 amide bonds. The zero-order chi connectivity index (χ0) is 24.8. The van der Waals surface area contributed by atoms with E-state index in [1.165, 1.54) is 63.1 Å². The van der Waals surface area contributed by atoms with Gasteiger partial charge in [0.25, 0.3) is 0 Å². The lowest BCUT2D eigenvalue weighted by Gasteiger charge is -2.29. The average Bonchev–Trinajstić information content (AvgIpc) is 2.87. The third kappa shape index (κ3) is 6.51. The first-order chi connectivity index (χ1) is 17.0. The van der Waals surface area contributed by atoms with Crippen LogP contribution < -0.4 is 4.74 Å². The van der Waals surface area contributed by atoms with Crippen molar-refractivity contribution >= 4 is 0 Å². The Morgan fingerprint density at radius 1 is 0.857 bits per heavy atom. The molecule has 0 spiro atoms. The molecule has 0 atom stereocenters. The summed E-state index contributed by atoms with van der Waals surface area (Å²) in [7, 11) is 0. The zero-order valence-corrected chi connectivity index (χ0v) is 21.2. The van der Waals surface area contributed by atoms with Crippen LogP contribution in [0.5, 0.6) is 5.75 Å². The molecule has 0 heterocycles. The summed E-state index contributed by atoms with van der Waals surface area (Å²) in [4.78, 5) is 0. The summed E-state index contributed by atoms with van der Waals surface area (Å²) in [6.45, 7) is 4.30. The second-order valence-electron chi connectivity index (χ2n) is 10.7. The highest BCUT2D eigenvalue weighted by Gasteiger charge is 2.24. The van der Waals surface area contributed by atoms with Crippen LogP contribution in [0.3, 0.4) is 0 Å². The molecular weight excluding hydrogens is 445 g/mol. The van der Waals surface area contributed by atoms with Gasteiger partial charge in [0.2, 0.25) is 5.82 Å². The fourth-order valence-electron chi connectivity index (χ4n) is 5.89. The molecule has 0 aliphatic heterocycles. The van der Waals surface area contributed by atoms with Crippen LogP contribution in [0, 0.1) is 35.2 Å². The van der Waals surface area contributed by atoms with Crippen LogP contribution in [-0.4, -0.2) is 6.61 Å². The van der Waals surface area contributed by atoms with Crippen LogP contribution in [-0.2, 0) is 0 Å². The van der Waals surface area contributed by atoms with E-state index in [1.807, 2.05) is 6.07 Å². The topological polar surface area (TPSA) is 9.23 Å². The van der Waals surface area contributed by atoms with Gasteiger partial charge < -0.3 is 4.74 Å². The van der Waals surface area contributed by atoms with Crippen LogP contribution in [0.2, 0.25) is 0 Å². The first-order valence-corrected chi connectivity index (χ1v) is 13.5. The Balaban J connectivity index is 1.29. The highest BCUT2D eigenvalue weighted by Crippen LogP contribution is 2.39. The molecule has 190 valence electrons. The summed E-state index contributed by atoms with van der Waals surface area (Å²) < 4.78 is 48.9. The first-order valence-electron chi connectivity index (χ1n) is 13.5. The Bertz CT molecular complexity index is 999. The zero-order valence-electron chi connectivity index (χ0n) is 21.2. The number of benzene rings is 2. The van der Waals surface area contributed by atoms with E-state index in [9.17, 15) is 13.2 Å². The summed E-state index contributed by atoms with van der Waals surface area (Å²) in [6, 6.07) is 7.73. The molecule has 35 heavy (non-hydrogen) atoms. The van der Waals surface area contributed by atoms with Crippen LogP contribution in [0.15, 0.2) is 42.5 Å². The Kier molecular flexibility index (Phi) is 8.97. The van der Waals surface area contributed by atoms with Crippen LogP contribution in [0.1, 0.15) is 89.5 Å². The molecule has 4 rings (SSSR count). The highest BCUT2D eigenvalue weighted by molar-refractivity contribution is 5.66. The largest absolute Gasteiger partial charge is 0.491 e. The summed E-state index contributed by atoms with van der Waals surface area (Å²) in [5.41, 5.74) is 0.971. The Morgan fingerprint density at radius 2 is 1.57 bits per heavy atom. The summed E-state index contributed by atoms with van der Waals surface area (Å²) in [5, 5.41) is 0. The monoisotopic (exact) mass is 484 g/mol. The van der Waals surface area contributed by atoms with Crippen molar-refractivity contribution < 1.29 is 17.9 Å². The van der Waals surface area contributed by atoms with Gasteiger partial charge in [-0.3, -0.25) is 0 Å². The number of halogens is 3. The van der Waals surface area contributed by atoms with E-state index in [-0.39, 0.29) is 23.5 Å². The molecule has 0 N–H and O–H groups in total. The van der Waals surface area contributed by atoms with E-state index in [0.717, 1.165) is 42.6 Å². The van der Waals surface area contributed by atoms with E-state index in [0.29, 0.717) is 5.92 Å². The van der Waals surface area contributed by atoms with Crippen molar-refractivity contribution in [3.63, 3.8) is 0 Å². The minimum atomic E-state index is -1.07. The van der Waals surface area contributed by atoms with Crippen molar-refractivity contribution in [1.82, 2.24) is 0 Å². The minimum Gasteiger partial charge on any atom is -0.491 e. The van der Waals surface area contributed by atoms with Gasteiger partial charge in [-0.25, -0.2) is 8.78 Å². The molecule has 2 saturated carbocycles. The van der Waals surface area contributed by atoms with Gasteiger partial charge in [-0.15, -0.1) is 0 Å². The normalized spacial score (nSPS) is 25.2. The Morgan fingerprint density at radius 3 is 2.26 bits per heavy atom. The van der Waals surface area contributed by atoms with Crippen molar-refractivity contribution in [2.45, 2.75) is 84.0 Å². The quantitative estimate of drug-likeness (QED) is 0.339. The fourth-order valence-corrected chi connectivity index (χ4v) is 5.89. The lowest BCUT2D eigenvalue weighted by atomic mass is 9.77. The smallest absolute Gasteiger partial charge is 0.201 e. The van der Waals surface area contributed by atoms with Gasteiger partial charge in [-0.05, 0) is 106 Å². The lowest BCUT2D eigenvalue weighted by molar-refractivity contribution is 0.310.